The van der Waals surface area contributed by atoms with Crippen molar-refractivity contribution in [2.45, 2.75) is 6.92 Å². The minimum atomic E-state index is -0.153. The number of hydrogen-bond acceptors (Lipinski definition) is 5. The summed E-state index contributed by atoms with van der Waals surface area (Å²) in [7, 11) is 5.68. The highest BCUT2D eigenvalue weighted by molar-refractivity contribution is 5.60. The van der Waals surface area contributed by atoms with Gasteiger partial charge in [0.25, 0.3) is 5.56 Å². The highest BCUT2D eigenvalue weighted by Gasteiger charge is 2.10. The highest BCUT2D eigenvalue weighted by Crippen LogP contribution is 2.18. The Kier molecular flexibility index (Phi) is 3.69. The Hall–Kier alpha value is -2.96. The summed E-state index contributed by atoms with van der Waals surface area (Å²) in [6.07, 6.45) is 5.13. The molecule has 0 aliphatic carbocycles. The third kappa shape index (κ3) is 2.85. The zero-order valence-electron chi connectivity index (χ0n) is 13.6. The quantitative estimate of drug-likeness (QED) is 0.731. The van der Waals surface area contributed by atoms with Crippen molar-refractivity contribution in [3.63, 3.8) is 0 Å². The summed E-state index contributed by atoms with van der Waals surface area (Å²) in [5.74, 6) is 0.867. The summed E-state index contributed by atoms with van der Waals surface area (Å²) in [5, 5.41) is 8.55. The van der Waals surface area contributed by atoms with Crippen LogP contribution in [0.3, 0.4) is 0 Å². The molecule has 3 aromatic heterocycles. The molecule has 0 radical (unpaired) electrons. The Bertz CT molecular complexity index is 892. The van der Waals surface area contributed by atoms with Gasteiger partial charge in [0.2, 0.25) is 0 Å². The summed E-state index contributed by atoms with van der Waals surface area (Å²) in [6.45, 7) is 1.78. The molecule has 0 N–H and O–H groups in total. The Morgan fingerprint density at radius 3 is 2.52 bits per heavy atom. The van der Waals surface area contributed by atoms with Gasteiger partial charge in [0.1, 0.15) is 11.5 Å². The van der Waals surface area contributed by atoms with Gasteiger partial charge in [-0.05, 0) is 25.1 Å². The predicted molar refractivity (Wildman–Crippen MR) is 88.9 cm³/mol. The van der Waals surface area contributed by atoms with E-state index in [9.17, 15) is 4.79 Å². The van der Waals surface area contributed by atoms with Gasteiger partial charge >= 0.3 is 0 Å². The number of nitrogens with zero attached hydrogens (tertiary/aromatic N) is 6. The molecule has 0 unspecified atom stereocenters. The van der Waals surface area contributed by atoms with Crippen LogP contribution in [0.5, 0.6) is 0 Å². The van der Waals surface area contributed by atoms with E-state index in [1.54, 1.807) is 43.3 Å². The summed E-state index contributed by atoms with van der Waals surface area (Å²) in [5.41, 5.74) is 2.66. The maximum Gasteiger partial charge on any atom is 0.274 e. The Balaban J connectivity index is 2.10. The van der Waals surface area contributed by atoms with Crippen molar-refractivity contribution in [1.29, 1.82) is 0 Å². The topological polar surface area (TPSA) is 68.8 Å². The van der Waals surface area contributed by atoms with Crippen LogP contribution in [0.2, 0.25) is 0 Å². The molecular formula is C16H18N6O. The molecule has 23 heavy (non-hydrogen) atoms. The molecule has 0 bridgehead atoms. The lowest BCUT2D eigenvalue weighted by atomic mass is 10.1. The normalized spacial score (nSPS) is 10.8. The third-order valence-electron chi connectivity index (χ3n) is 3.53. The van der Waals surface area contributed by atoms with Crippen LogP contribution in [-0.4, -0.2) is 38.6 Å². The van der Waals surface area contributed by atoms with Crippen LogP contribution in [0.25, 0.3) is 16.9 Å². The molecule has 118 valence electrons. The maximum atomic E-state index is 12.3. The van der Waals surface area contributed by atoms with Crippen molar-refractivity contribution >= 4 is 5.82 Å². The molecule has 0 saturated carbocycles. The molecular weight excluding hydrogens is 292 g/mol. The smallest absolute Gasteiger partial charge is 0.274 e. The minimum Gasteiger partial charge on any atom is -0.363 e. The second-order valence-corrected chi connectivity index (χ2v) is 5.60. The largest absolute Gasteiger partial charge is 0.363 e. The SMILES string of the molecule is Cc1cc(-c2ccc(N(C)C)nc2)nn(-c2cnn(C)c2)c1=O. The summed E-state index contributed by atoms with van der Waals surface area (Å²) in [6, 6.07) is 5.65. The Labute approximate surface area is 133 Å². The van der Waals surface area contributed by atoms with Crippen molar-refractivity contribution in [1.82, 2.24) is 24.5 Å². The first kappa shape index (κ1) is 15.0. The fourth-order valence-electron chi connectivity index (χ4n) is 2.25. The average Bonchev–Trinajstić information content (AvgIpc) is 2.96. The lowest BCUT2D eigenvalue weighted by Gasteiger charge is -2.12. The van der Waals surface area contributed by atoms with Gasteiger partial charge in [-0.1, -0.05) is 0 Å². The monoisotopic (exact) mass is 310 g/mol. The molecule has 3 heterocycles. The molecule has 0 saturated heterocycles. The first-order chi connectivity index (χ1) is 11.0. The van der Waals surface area contributed by atoms with Gasteiger partial charge in [-0.25, -0.2) is 4.98 Å². The van der Waals surface area contributed by atoms with Crippen LogP contribution < -0.4 is 10.5 Å². The van der Waals surface area contributed by atoms with E-state index in [1.165, 1.54) is 4.68 Å². The molecule has 3 rings (SSSR count). The first-order valence-electron chi connectivity index (χ1n) is 7.19. The van der Waals surface area contributed by atoms with Gasteiger partial charge in [-0.15, -0.1) is 0 Å². The van der Waals surface area contributed by atoms with Gasteiger partial charge in [-0.2, -0.15) is 14.9 Å². The molecule has 7 nitrogen and oxygen atoms in total. The number of aromatic nitrogens is 5. The lowest BCUT2D eigenvalue weighted by molar-refractivity contribution is 0.762. The molecule has 0 aliphatic rings. The van der Waals surface area contributed by atoms with Crippen LogP contribution in [0.4, 0.5) is 5.82 Å². The number of pyridine rings is 1. The Morgan fingerprint density at radius 2 is 1.96 bits per heavy atom. The van der Waals surface area contributed by atoms with Crippen LogP contribution in [0.1, 0.15) is 5.56 Å². The second kappa shape index (κ2) is 5.68. The summed E-state index contributed by atoms with van der Waals surface area (Å²) in [4.78, 5) is 18.7. The molecule has 0 fully saturated rings. The second-order valence-electron chi connectivity index (χ2n) is 5.60. The molecule has 0 atom stereocenters. The fraction of sp³-hybridized carbons (Fsp3) is 0.250. The molecule has 7 heteroatoms. The lowest BCUT2D eigenvalue weighted by Crippen LogP contribution is -2.23. The van der Waals surface area contributed by atoms with E-state index in [2.05, 4.69) is 15.2 Å². The maximum absolute atomic E-state index is 12.3. The van der Waals surface area contributed by atoms with Crippen molar-refractivity contribution in [3.8, 4) is 16.9 Å². The van der Waals surface area contributed by atoms with Crippen molar-refractivity contribution < 1.29 is 0 Å². The van der Waals surface area contributed by atoms with E-state index in [1.807, 2.05) is 31.1 Å². The van der Waals surface area contributed by atoms with Crippen LogP contribution in [0, 0.1) is 6.92 Å². The molecule has 3 aromatic rings. The van der Waals surface area contributed by atoms with Gasteiger partial charge in [0.15, 0.2) is 0 Å². The van der Waals surface area contributed by atoms with E-state index < -0.39 is 0 Å². The minimum absolute atomic E-state index is 0.153. The van der Waals surface area contributed by atoms with Gasteiger partial charge in [-0.3, -0.25) is 9.48 Å². The van der Waals surface area contributed by atoms with Gasteiger partial charge in [0, 0.05) is 38.5 Å². The Morgan fingerprint density at radius 1 is 1.17 bits per heavy atom. The molecule has 0 aliphatic heterocycles. The zero-order valence-corrected chi connectivity index (χ0v) is 13.6. The number of aryl methyl sites for hydroxylation is 2. The van der Waals surface area contributed by atoms with Crippen LogP contribution >= 0.6 is 0 Å². The average molecular weight is 310 g/mol. The first-order valence-corrected chi connectivity index (χ1v) is 7.19. The third-order valence-corrected chi connectivity index (χ3v) is 3.53. The highest BCUT2D eigenvalue weighted by atomic mass is 16.1. The van der Waals surface area contributed by atoms with Crippen LogP contribution in [-0.2, 0) is 7.05 Å². The van der Waals surface area contributed by atoms with E-state index in [0.29, 0.717) is 16.9 Å². The summed E-state index contributed by atoms with van der Waals surface area (Å²) >= 11 is 0. The van der Waals surface area contributed by atoms with E-state index in [0.717, 1.165) is 11.4 Å². The number of rotatable bonds is 3. The van der Waals surface area contributed by atoms with Crippen molar-refractivity contribution in [2.75, 3.05) is 19.0 Å². The van der Waals surface area contributed by atoms with Gasteiger partial charge in [0.05, 0.1) is 18.1 Å². The predicted octanol–water partition coefficient (Wildman–Crippen LogP) is 1.40. The standard InChI is InChI=1S/C16H18N6O/c1-11-7-14(12-5-6-15(17-8-12)20(2)3)19-22(16(11)23)13-9-18-21(4)10-13/h5-10H,1-4H3. The fourth-order valence-corrected chi connectivity index (χ4v) is 2.25. The molecule has 0 amide bonds. The molecule has 0 spiro atoms. The number of anilines is 1. The zero-order chi connectivity index (χ0) is 16.6. The summed E-state index contributed by atoms with van der Waals surface area (Å²) < 4.78 is 3.01. The van der Waals surface area contributed by atoms with Crippen molar-refractivity contribution in [2.24, 2.45) is 7.05 Å². The van der Waals surface area contributed by atoms with Crippen molar-refractivity contribution in [3.05, 3.63) is 52.7 Å². The van der Waals surface area contributed by atoms with E-state index in [-0.39, 0.29) is 5.56 Å². The molecule has 0 aromatic carbocycles. The van der Waals surface area contributed by atoms with E-state index >= 15 is 0 Å². The van der Waals surface area contributed by atoms with Gasteiger partial charge < -0.3 is 4.90 Å². The van der Waals surface area contributed by atoms with E-state index in [4.69, 9.17) is 0 Å². The van der Waals surface area contributed by atoms with Crippen LogP contribution in [0.15, 0.2) is 41.6 Å². The number of hydrogen-bond donors (Lipinski definition) is 0.